The zero-order valence-electron chi connectivity index (χ0n) is 7.34. The van der Waals surface area contributed by atoms with Gasteiger partial charge in [0.25, 0.3) is 0 Å². The maximum absolute atomic E-state index is 10.4. The second kappa shape index (κ2) is 5.96. The molecule has 0 aliphatic carbocycles. The summed E-state index contributed by atoms with van der Waals surface area (Å²) in [5.74, 6) is 0.173. The Morgan fingerprint density at radius 1 is 1.55 bits per heavy atom. The van der Waals surface area contributed by atoms with Gasteiger partial charge in [-0.25, -0.2) is 0 Å². The number of carbonyl (C=O) groups is 1. The van der Waals surface area contributed by atoms with Gasteiger partial charge in [0.05, 0.1) is 0 Å². The van der Waals surface area contributed by atoms with Crippen LogP contribution < -0.4 is 5.73 Å². The molecule has 1 amide bonds. The van der Waals surface area contributed by atoms with Crippen LogP contribution in [0.25, 0.3) is 0 Å². The van der Waals surface area contributed by atoms with Crippen LogP contribution in [0.1, 0.15) is 33.1 Å². The van der Waals surface area contributed by atoms with E-state index in [0.29, 0.717) is 5.92 Å². The van der Waals surface area contributed by atoms with Crippen LogP contribution in [0.3, 0.4) is 0 Å². The summed E-state index contributed by atoms with van der Waals surface area (Å²) in [4.78, 5) is 10.4. The van der Waals surface area contributed by atoms with Gasteiger partial charge in [-0.2, -0.15) is 0 Å². The third-order valence-electron chi connectivity index (χ3n) is 1.72. The van der Waals surface area contributed by atoms with E-state index in [1.54, 1.807) is 0 Å². The number of amides is 1. The molecule has 2 heteroatoms. The molecule has 0 fully saturated rings. The van der Waals surface area contributed by atoms with Gasteiger partial charge in [-0.05, 0) is 24.8 Å². The Kier molecular flexibility index (Phi) is 5.53. The van der Waals surface area contributed by atoms with Crippen molar-refractivity contribution in [2.75, 3.05) is 0 Å². The minimum Gasteiger partial charge on any atom is -0.366 e. The van der Waals surface area contributed by atoms with Crippen molar-refractivity contribution in [2.24, 2.45) is 11.7 Å². The number of hydrogen-bond acceptors (Lipinski definition) is 1. The average Bonchev–Trinajstić information content (AvgIpc) is 1.97. The van der Waals surface area contributed by atoms with Crippen molar-refractivity contribution in [1.29, 1.82) is 0 Å². The van der Waals surface area contributed by atoms with Crippen LogP contribution >= 0.6 is 0 Å². The molecule has 0 heterocycles. The van der Waals surface area contributed by atoms with Crippen LogP contribution in [0.4, 0.5) is 0 Å². The molecule has 64 valence electrons. The van der Waals surface area contributed by atoms with Gasteiger partial charge >= 0.3 is 0 Å². The lowest BCUT2D eigenvalue weighted by Gasteiger charge is -2.05. The molecule has 0 aromatic carbocycles. The molecule has 2 N–H and O–H groups in total. The average molecular weight is 155 g/mol. The maximum Gasteiger partial charge on any atom is 0.241 e. The van der Waals surface area contributed by atoms with Gasteiger partial charge in [-0.3, -0.25) is 4.79 Å². The van der Waals surface area contributed by atoms with Gasteiger partial charge in [-0.1, -0.05) is 26.3 Å². The Morgan fingerprint density at radius 2 is 2.18 bits per heavy atom. The van der Waals surface area contributed by atoms with Crippen molar-refractivity contribution in [1.82, 2.24) is 0 Å². The van der Waals surface area contributed by atoms with E-state index in [2.05, 4.69) is 13.8 Å². The zero-order valence-corrected chi connectivity index (χ0v) is 7.34. The molecule has 0 aliphatic heterocycles. The molecule has 1 atom stereocenters. The molecule has 11 heavy (non-hydrogen) atoms. The van der Waals surface area contributed by atoms with Crippen molar-refractivity contribution in [2.45, 2.75) is 33.1 Å². The standard InChI is InChI=1S/C9H17NO/c1-3-5-8(4-2)6-7-9(10)11/h6-8H,3-5H2,1-2H3,(H2,10,11). The summed E-state index contributed by atoms with van der Waals surface area (Å²) in [6.45, 7) is 4.26. The molecule has 0 bridgehead atoms. The Morgan fingerprint density at radius 3 is 2.55 bits per heavy atom. The van der Waals surface area contributed by atoms with E-state index in [0.717, 1.165) is 19.3 Å². The van der Waals surface area contributed by atoms with Crippen LogP contribution in [0.2, 0.25) is 0 Å². The molecule has 0 aliphatic rings. The molecular formula is C9H17NO. The molecule has 0 spiro atoms. The van der Waals surface area contributed by atoms with Crippen LogP contribution in [0, 0.1) is 5.92 Å². The van der Waals surface area contributed by atoms with Crippen molar-refractivity contribution in [3.63, 3.8) is 0 Å². The summed E-state index contributed by atoms with van der Waals surface area (Å²) in [6, 6.07) is 0. The fraction of sp³-hybridized carbons (Fsp3) is 0.667. The molecule has 2 nitrogen and oxygen atoms in total. The number of nitrogens with two attached hydrogens (primary N) is 1. The third-order valence-corrected chi connectivity index (χ3v) is 1.72. The molecule has 0 radical (unpaired) electrons. The molecule has 0 rings (SSSR count). The predicted molar refractivity (Wildman–Crippen MR) is 47.0 cm³/mol. The van der Waals surface area contributed by atoms with Crippen molar-refractivity contribution in [3.05, 3.63) is 12.2 Å². The van der Waals surface area contributed by atoms with Crippen LogP contribution in [-0.4, -0.2) is 5.91 Å². The third kappa shape index (κ3) is 5.64. The highest BCUT2D eigenvalue weighted by Crippen LogP contribution is 2.11. The van der Waals surface area contributed by atoms with E-state index in [1.807, 2.05) is 6.08 Å². The first kappa shape index (κ1) is 10.2. The molecule has 0 aromatic heterocycles. The lowest BCUT2D eigenvalue weighted by Crippen LogP contribution is -2.06. The van der Waals surface area contributed by atoms with Gasteiger partial charge in [0.1, 0.15) is 0 Å². The van der Waals surface area contributed by atoms with Gasteiger partial charge in [-0.15, -0.1) is 0 Å². The number of rotatable bonds is 5. The maximum atomic E-state index is 10.4. The molecule has 0 aromatic rings. The minimum atomic E-state index is -0.348. The molecule has 1 unspecified atom stereocenters. The monoisotopic (exact) mass is 155 g/mol. The summed E-state index contributed by atoms with van der Waals surface area (Å²) >= 11 is 0. The second-order valence-electron chi connectivity index (χ2n) is 2.72. The van der Waals surface area contributed by atoms with Crippen LogP contribution in [-0.2, 0) is 4.79 Å². The highest BCUT2D eigenvalue weighted by atomic mass is 16.1. The van der Waals surface area contributed by atoms with E-state index in [1.165, 1.54) is 6.08 Å². The van der Waals surface area contributed by atoms with E-state index in [-0.39, 0.29) is 5.91 Å². The van der Waals surface area contributed by atoms with Gasteiger partial charge < -0.3 is 5.73 Å². The predicted octanol–water partition coefficient (Wildman–Crippen LogP) is 1.85. The number of allylic oxidation sites excluding steroid dienone is 1. The lowest BCUT2D eigenvalue weighted by molar-refractivity contribution is -0.113. The lowest BCUT2D eigenvalue weighted by atomic mass is 10.0. The SMILES string of the molecule is CCCC(C=CC(N)=O)CC. The van der Waals surface area contributed by atoms with Gasteiger partial charge in [0.2, 0.25) is 5.91 Å². The highest BCUT2D eigenvalue weighted by Gasteiger charge is 1.99. The molecule has 0 saturated heterocycles. The zero-order chi connectivity index (χ0) is 8.69. The first-order valence-corrected chi connectivity index (χ1v) is 4.18. The fourth-order valence-corrected chi connectivity index (χ4v) is 1.04. The number of carbonyl (C=O) groups excluding carboxylic acids is 1. The molecular weight excluding hydrogens is 138 g/mol. The van der Waals surface area contributed by atoms with Crippen LogP contribution in [0.5, 0.6) is 0 Å². The smallest absolute Gasteiger partial charge is 0.241 e. The first-order valence-electron chi connectivity index (χ1n) is 4.18. The second-order valence-corrected chi connectivity index (χ2v) is 2.72. The van der Waals surface area contributed by atoms with Crippen LogP contribution in [0.15, 0.2) is 12.2 Å². The van der Waals surface area contributed by atoms with Crippen molar-refractivity contribution in [3.8, 4) is 0 Å². The van der Waals surface area contributed by atoms with E-state index in [4.69, 9.17) is 5.73 Å². The largest absolute Gasteiger partial charge is 0.366 e. The number of primary amides is 1. The summed E-state index contributed by atoms with van der Waals surface area (Å²) < 4.78 is 0. The normalized spacial score (nSPS) is 13.6. The summed E-state index contributed by atoms with van der Waals surface area (Å²) in [5.41, 5.74) is 4.97. The topological polar surface area (TPSA) is 43.1 Å². The van der Waals surface area contributed by atoms with Crippen molar-refractivity contribution < 1.29 is 4.79 Å². The van der Waals surface area contributed by atoms with Gasteiger partial charge in [0, 0.05) is 0 Å². The Labute approximate surface area is 68.5 Å². The minimum absolute atomic E-state index is 0.348. The Hall–Kier alpha value is -0.790. The van der Waals surface area contributed by atoms with E-state index in [9.17, 15) is 4.79 Å². The summed E-state index contributed by atoms with van der Waals surface area (Å²) in [5, 5.41) is 0. The van der Waals surface area contributed by atoms with Crippen molar-refractivity contribution >= 4 is 5.91 Å². The molecule has 0 saturated carbocycles. The summed E-state index contributed by atoms with van der Waals surface area (Å²) in [7, 11) is 0. The van der Waals surface area contributed by atoms with Gasteiger partial charge in [0.15, 0.2) is 0 Å². The van der Waals surface area contributed by atoms with E-state index >= 15 is 0 Å². The quantitative estimate of drug-likeness (QED) is 0.605. The Bertz CT molecular complexity index is 140. The summed E-state index contributed by atoms with van der Waals surface area (Å²) in [6.07, 6.45) is 6.75. The Balaban J connectivity index is 3.76. The highest BCUT2D eigenvalue weighted by molar-refractivity contribution is 5.85. The van der Waals surface area contributed by atoms with E-state index < -0.39 is 0 Å². The first-order chi connectivity index (χ1) is 5.20. The number of hydrogen-bond donors (Lipinski definition) is 1. The fourth-order valence-electron chi connectivity index (χ4n) is 1.04.